The molecule has 1 fully saturated rings. The largest absolute Gasteiger partial charge is 0.345 e. The van der Waals surface area contributed by atoms with Crippen LogP contribution < -0.4 is 10.6 Å². The van der Waals surface area contributed by atoms with E-state index in [1.165, 1.54) is 0 Å². The van der Waals surface area contributed by atoms with Gasteiger partial charge in [-0.05, 0) is 31.7 Å². The minimum absolute atomic E-state index is 0.113. The van der Waals surface area contributed by atoms with E-state index in [1.54, 1.807) is 6.92 Å². The summed E-state index contributed by atoms with van der Waals surface area (Å²) < 4.78 is 0. The van der Waals surface area contributed by atoms with Crippen LogP contribution in [0.4, 0.5) is 0 Å². The number of carbonyl (C=O) groups is 2. The second-order valence-electron chi connectivity index (χ2n) is 7.24. The molecule has 22 heavy (non-hydrogen) atoms. The molecule has 1 aliphatic carbocycles. The van der Waals surface area contributed by atoms with Gasteiger partial charge in [0.05, 0.1) is 5.54 Å². The Bertz CT molecular complexity index is 542. The Morgan fingerprint density at radius 3 is 2.18 bits per heavy atom. The van der Waals surface area contributed by atoms with Crippen molar-refractivity contribution < 1.29 is 9.59 Å². The highest BCUT2D eigenvalue weighted by atomic mass is 16.2. The van der Waals surface area contributed by atoms with Crippen molar-refractivity contribution in [3.63, 3.8) is 0 Å². The van der Waals surface area contributed by atoms with Crippen molar-refractivity contribution in [1.82, 2.24) is 10.6 Å². The van der Waals surface area contributed by atoms with Crippen molar-refractivity contribution in [2.45, 2.75) is 58.5 Å². The molecule has 2 rings (SSSR count). The van der Waals surface area contributed by atoms with Crippen molar-refractivity contribution in [2.75, 3.05) is 0 Å². The van der Waals surface area contributed by atoms with Crippen LogP contribution in [-0.2, 0) is 15.1 Å². The van der Waals surface area contributed by atoms with E-state index < -0.39 is 11.5 Å². The van der Waals surface area contributed by atoms with Crippen molar-refractivity contribution in [1.29, 1.82) is 0 Å². The highest BCUT2D eigenvalue weighted by Crippen LogP contribution is 2.41. The van der Waals surface area contributed by atoms with E-state index in [4.69, 9.17) is 0 Å². The smallest absolute Gasteiger partial charge is 0.242 e. The SMILES string of the molecule is CC(NC(=O)C(C)(C)C)C(=O)NC1(c2ccccc2)CCC1. The lowest BCUT2D eigenvalue weighted by atomic mass is 9.71. The summed E-state index contributed by atoms with van der Waals surface area (Å²) in [7, 11) is 0. The van der Waals surface area contributed by atoms with Crippen molar-refractivity contribution in [3.8, 4) is 0 Å². The van der Waals surface area contributed by atoms with Crippen LogP contribution in [0.2, 0.25) is 0 Å². The van der Waals surface area contributed by atoms with Crippen LogP contribution in [0.1, 0.15) is 52.5 Å². The van der Waals surface area contributed by atoms with E-state index in [0.29, 0.717) is 0 Å². The molecule has 4 heteroatoms. The second kappa shape index (κ2) is 6.11. The molecule has 0 aliphatic heterocycles. The van der Waals surface area contributed by atoms with Crippen LogP contribution in [0.15, 0.2) is 30.3 Å². The predicted octanol–water partition coefficient (Wildman–Crippen LogP) is 2.73. The first-order valence-corrected chi connectivity index (χ1v) is 7.93. The average Bonchev–Trinajstić information content (AvgIpc) is 2.42. The fraction of sp³-hybridized carbons (Fsp3) is 0.556. The van der Waals surface area contributed by atoms with E-state index in [2.05, 4.69) is 22.8 Å². The maximum absolute atomic E-state index is 12.5. The van der Waals surface area contributed by atoms with Crippen LogP contribution in [0, 0.1) is 5.41 Å². The Hall–Kier alpha value is -1.84. The molecule has 2 amide bonds. The van der Waals surface area contributed by atoms with Gasteiger partial charge in [-0.1, -0.05) is 51.1 Å². The molecule has 0 spiro atoms. The molecule has 0 bridgehead atoms. The summed E-state index contributed by atoms with van der Waals surface area (Å²) in [5.74, 6) is -0.237. The van der Waals surface area contributed by atoms with E-state index in [0.717, 1.165) is 24.8 Å². The van der Waals surface area contributed by atoms with Crippen LogP contribution >= 0.6 is 0 Å². The highest BCUT2D eigenvalue weighted by molar-refractivity contribution is 5.89. The zero-order valence-corrected chi connectivity index (χ0v) is 13.9. The van der Waals surface area contributed by atoms with Gasteiger partial charge in [-0.15, -0.1) is 0 Å². The summed E-state index contributed by atoms with van der Waals surface area (Å²) in [6.45, 7) is 7.25. The van der Waals surface area contributed by atoms with Gasteiger partial charge in [0.2, 0.25) is 11.8 Å². The lowest BCUT2D eigenvalue weighted by molar-refractivity contribution is -0.134. The summed E-state index contributed by atoms with van der Waals surface area (Å²) in [6.07, 6.45) is 3.00. The van der Waals surface area contributed by atoms with Gasteiger partial charge in [0.1, 0.15) is 6.04 Å². The van der Waals surface area contributed by atoms with Crippen LogP contribution in [-0.4, -0.2) is 17.9 Å². The maximum atomic E-state index is 12.5. The standard InChI is InChI=1S/C18H26N2O2/c1-13(19-16(22)17(2,3)4)15(21)20-18(11-8-12-18)14-9-6-5-7-10-14/h5-7,9-10,13H,8,11-12H2,1-4H3,(H,19,22)(H,20,21). The Kier molecular flexibility index (Phi) is 4.59. The number of rotatable bonds is 4. The normalized spacial score (nSPS) is 18.0. The van der Waals surface area contributed by atoms with Gasteiger partial charge in [0.25, 0.3) is 0 Å². The fourth-order valence-corrected chi connectivity index (χ4v) is 2.60. The van der Waals surface area contributed by atoms with Gasteiger partial charge in [-0.25, -0.2) is 0 Å². The molecule has 1 aromatic rings. The molecule has 0 aromatic heterocycles. The van der Waals surface area contributed by atoms with Crippen LogP contribution in [0.25, 0.3) is 0 Å². The van der Waals surface area contributed by atoms with Gasteiger partial charge >= 0.3 is 0 Å². The van der Waals surface area contributed by atoms with E-state index >= 15 is 0 Å². The van der Waals surface area contributed by atoms with E-state index in [-0.39, 0.29) is 17.4 Å². The third kappa shape index (κ3) is 3.49. The number of hydrogen-bond donors (Lipinski definition) is 2. The topological polar surface area (TPSA) is 58.2 Å². The average molecular weight is 302 g/mol. The summed E-state index contributed by atoms with van der Waals surface area (Å²) >= 11 is 0. The van der Waals surface area contributed by atoms with Crippen molar-refractivity contribution in [3.05, 3.63) is 35.9 Å². The Morgan fingerprint density at radius 1 is 1.14 bits per heavy atom. The van der Waals surface area contributed by atoms with Crippen molar-refractivity contribution in [2.24, 2.45) is 5.41 Å². The number of hydrogen-bond acceptors (Lipinski definition) is 2. The summed E-state index contributed by atoms with van der Waals surface area (Å²) in [4.78, 5) is 24.5. The predicted molar refractivity (Wildman–Crippen MR) is 87.2 cm³/mol. The lowest BCUT2D eigenvalue weighted by Crippen LogP contribution is -2.56. The molecule has 2 N–H and O–H groups in total. The van der Waals surface area contributed by atoms with Crippen LogP contribution in [0.3, 0.4) is 0 Å². The molecule has 1 aromatic carbocycles. The first-order valence-electron chi connectivity index (χ1n) is 7.93. The monoisotopic (exact) mass is 302 g/mol. The van der Waals surface area contributed by atoms with E-state index in [1.807, 2.05) is 39.0 Å². The summed E-state index contributed by atoms with van der Waals surface area (Å²) in [6, 6.07) is 9.53. The third-order valence-electron chi connectivity index (χ3n) is 4.32. The van der Waals surface area contributed by atoms with Gasteiger partial charge in [0, 0.05) is 5.41 Å². The number of nitrogens with one attached hydrogen (secondary N) is 2. The Labute approximate surface area is 132 Å². The number of amides is 2. The molecule has 0 heterocycles. The minimum Gasteiger partial charge on any atom is -0.345 e. The zero-order chi connectivity index (χ0) is 16.4. The number of carbonyl (C=O) groups excluding carboxylic acids is 2. The summed E-state index contributed by atoms with van der Waals surface area (Å²) in [5, 5.41) is 5.94. The molecule has 1 atom stereocenters. The Balaban J connectivity index is 2.03. The molecule has 1 unspecified atom stereocenters. The Morgan fingerprint density at radius 2 is 1.73 bits per heavy atom. The van der Waals surface area contributed by atoms with Gasteiger partial charge < -0.3 is 10.6 Å². The third-order valence-corrected chi connectivity index (χ3v) is 4.32. The molecule has 0 radical (unpaired) electrons. The lowest BCUT2D eigenvalue weighted by Gasteiger charge is -2.43. The molecule has 120 valence electrons. The van der Waals surface area contributed by atoms with Crippen molar-refractivity contribution >= 4 is 11.8 Å². The fourth-order valence-electron chi connectivity index (χ4n) is 2.60. The van der Waals surface area contributed by atoms with Gasteiger partial charge in [-0.3, -0.25) is 9.59 Å². The number of benzene rings is 1. The van der Waals surface area contributed by atoms with Crippen LogP contribution in [0.5, 0.6) is 0 Å². The molecular weight excluding hydrogens is 276 g/mol. The highest BCUT2D eigenvalue weighted by Gasteiger charge is 2.40. The minimum atomic E-state index is -0.534. The first-order chi connectivity index (χ1) is 10.2. The van der Waals surface area contributed by atoms with Gasteiger partial charge in [-0.2, -0.15) is 0 Å². The van der Waals surface area contributed by atoms with Gasteiger partial charge in [0.15, 0.2) is 0 Å². The molecule has 1 aliphatic rings. The molecule has 1 saturated carbocycles. The van der Waals surface area contributed by atoms with E-state index in [9.17, 15) is 9.59 Å². The zero-order valence-electron chi connectivity index (χ0n) is 13.9. The first kappa shape index (κ1) is 16.5. The molecular formula is C18H26N2O2. The quantitative estimate of drug-likeness (QED) is 0.898. The molecule has 0 saturated heterocycles. The molecule has 4 nitrogen and oxygen atoms in total. The summed E-state index contributed by atoms with van der Waals surface area (Å²) in [5.41, 5.74) is 0.380. The maximum Gasteiger partial charge on any atom is 0.242 e. The second-order valence-corrected chi connectivity index (χ2v) is 7.24.